The van der Waals surface area contributed by atoms with Crippen molar-refractivity contribution in [3.05, 3.63) is 128 Å². The van der Waals surface area contributed by atoms with Gasteiger partial charge in [-0.2, -0.15) is 0 Å². The smallest absolute Gasteiger partial charge is 0.308 e. The molecular formula is C51H56N8O6S2. The first-order chi connectivity index (χ1) is 31.8. The fourth-order valence-electron chi connectivity index (χ4n) is 8.93. The topological polar surface area (TPSA) is 181 Å². The summed E-state index contributed by atoms with van der Waals surface area (Å²) in [5, 5.41) is 26.6. The summed E-state index contributed by atoms with van der Waals surface area (Å²) in [4.78, 5) is 68.1. The van der Waals surface area contributed by atoms with Crippen LogP contribution in [-0.4, -0.2) is 91.0 Å². The molecular weight excluding hydrogens is 885 g/mol. The van der Waals surface area contributed by atoms with E-state index in [1.54, 1.807) is 34.8 Å². The van der Waals surface area contributed by atoms with E-state index in [9.17, 15) is 24.3 Å². The Morgan fingerprint density at radius 3 is 2.24 bits per heavy atom. The van der Waals surface area contributed by atoms with Crippen LogP contribution in [0.25, 0.3) is 26.6 Å². The van der Waals surface area contributed by atoms with E-state index in [4.69, 9.17) is 9.73 Å². The van der Waals surface area contributed by atoms with Crippen molar-refractivity contribution in [3.63, 3.8) is 0 Å². The molecule has 3 aromatic carbocycles. The molecule has 14 nitrogen and oxygen atoms in total. The zero-order chi connectivity index (χ0) is 48.1. The molecule has 5 heterocycles. The highest BCUT2D eigenvalue weighted by Crippen LogP contribution is 2.40. The summed E-state index contributed by atoms with van der Waals surface area (Å²) in [6.45, 7) is 17.4. The Balaban J connectivity index is 0.983. The molecule has 348 valence electrons. The molecule has 3 amide bonds. The van der Waals surface area contributed by atoms with Gasteiger partial charge < -0.3 is 25.4 Å². The molecule has 5 atom stereocenters. The number of esters is 1. The first-order valence-corrected chi connectivity index (χ1v) is 24.0. The largest absolute Gasteiger partial charge is 0.469 e. The minimum Gasteiger partial charge on any atom is -0.469 e. The number of methoxy groups -OCH3 is 1. The number of hydrogen-bond donors (Lipinski definition) is 3. The van der Waals surface area contributed by atoms with Crippen LogP contribution in [0.3, 0.4) is 0 Å². The second kappa shape index (κ2) is 18.7. The van der Waals surface area contributed by atoms with Crippen LogP contribution in [0.1, 0.15) is 113 Å². The quantitative estimate of drug-likeness (QED) is 0.108. The van der Waals surface area contributed by atoms with Crippen molar-refractivity contribution >= 4 is 52.1 Å². The monoisotopic (exact) mass is 940 g/mol. The number of thiazole rings is 1. The molecule has 2 aliphatic rings. The van der Waals surface area contributed by atoms with Crippen LogP contribution in [0.5, 0.6) is 0 Å². The number of aliphatic hydroxyl groups excluding tert-OH is 1. The van der Waals surface area contributed by atoms with Crippen molar-refractivity contribution in [1.82, 2.24) is 35.3 Å². The van der Waals surface area contributed by atoms with Crippen molar-refractivity contribution in [2.45, 2.75) is 105 Å². The number of rotatable bonds is 11. The molecule has 0 radical (unpaired) electrons. The molecule has 16 heteroatoms. The summed E-state index contributed by atoms with van der Waals surface area (Å²) < 4.78 is 7.04. The second-order valence-corrected chi connectivity index (χ2v) is 20.6. The molecule has 0 spiro atoms. The fourth-order valence-corrected chi connectivity index (χ4v) is 11.0. The number of aliphatic hydroxyl groups is 1. The molecule has 1 unspecified atom stereocenters. The van der Waals surface area contributed by atoms with Crippen LogP contribution in [0.15, 0.2) is 77.2 Å². The number of fused-ring (bicyclic) bond motifs is 3. The number of ether oxygens (including phenoxy) is 1. The number of thiophene rings is 1. The molecule has 1 fully saturated rings. The third kappa shape index (κ3) is 9.34. The van der Waals surface area contributed by atoms with Gasteiger partial charge in [0, 0.05) is 34.5 Å². The highest BCUT2D eigenvalue weighted by Gasteiger charge is 2.45. The van der Waals surface area contributed by atoms with Gasteiger partial charge in [0.25, 0.3) is 5.91 Å². The molecule has 0 aliphatic carbocycles. The highest BCUT2D eigenvalue weighted by molar-refractivity contribution is 7.15. The normalized spacial score (nSPS) is 17.7. The molecule has 6 aromatic rings. The van der Waals surface area contributed by atoms with Gasteiger partial charge in [-0.3, -0.25) is 28.7 Å². The van der Waals surface area contributed by atoms with Gasteiger partial charge in [-0.15, -0.1) is 32.9 Å². The van der Waals surface area contributed by atoms with Crippen molar-refractivity contribution in [1.29, 1.82) is 0 Å². The van der Waals surface area contributed by atoms with Gasteiger partial charge >= 0.3 is 5.97 Å². The summed E-state index contributed by atoms with van der Waals surface area (Å²) in [6, 6.07) is 18.6. The Kier molecular flexibility index (Phi) is 13.2. The Morgan fingerprint density at radius 1 is 0.910 bits per heavy atom. The zero-order valence-corrected chi connectivity index (χ0v) is 41.1. The van der Waals surface area contributed by atoms with Crippen LogP contribution in [0.4, 0.5) is 0 Å². The number of carbonyl (C=O) groups is 4. The standard InChI is InChI=1S/C51H56N8O6S2/c1-26-21-36(19-20-38(26)33-13-15-34(16-14-33)43-42-27(2)30(5)67-50(42)59-31(6)56-57-46(59)39(54-43)23-41(61)65-10)47(62)55-45(51(7,8)9)49(64)58-24-37(60)22-40(58)48(63)53-28(3)32-11-17-35(18-12-32)44-29(4)52-25-66-44/h11-21,25,28,37,39-40,45,60H,22-24H2,1-10H3,(H,53,63)(H,55,62)/t28-,37+,39-,40-,45?/m0/s1. The lowest BCUT2D eigenvalue weighted by Gasteiger charge is -2.35. The fraction of sp³-hybridized carbons (Fsp3) is 0.373. The number of benzene rings is 3. The predicted molar refractivity (Wildman–Crippen MR) is 261 cm³/mol. The van der Waals surface area contributed by atoms with Gasteiger partial charge in [0.2, 0.25) is 11.8 Å². The number of carbonyl (C=O) groups excluding carboxylic acids is 4. The Morgan fingerprint density at radius 2 is 1.60 bits per heavy atom. The zero-order valence-electron chi connectivity index (χ0n) is 39.4. The highest BCUT2D eigenvalue weighted by atomic mass is 32.1. The second-order valence-electron chi connectivity index (χ2n) is 18.6. The lowest BCUT2D eigenvalue weighted by Crippen LogP contribution is -2.57. The van der Waals surface area contributed by atoms with E-state index in [0.717, 1.165) is 70.7 Å². The summed E-state index contributed by atoms with van der Waals surface area (Å²) in [5.74, 6) is -0.338. The van der Waals surface area contributed by atoms with Crippen molar-refractivity contribution < 1.29 is 29.0 Å². The number of aromatic nitrogens is 4. The summed E-state index contributed by atoms with van der Waals surface area (Å²) in [6.07, 6.45) is -0.798. The maximum Gasteiger partial charge on any atom is 0.308 e. The molecule has 8 rings (SSSR count). The van der Waals surface area contributed by atoms with Gasteiger partial charge in [0.15, 0.2) is 5.82 Å². The Bertz CT molecular complexity index is 2910. The number of amides is 3. The number of likely N-dealkylation sites (tertiary alicyclic amines) is 1. The van der Waals surface area contributed by atoms with Gasteiger partial charge in [-0.1, -0.05) is 75.4 Å². The van der Waals surface area contributed by atoms with E-state index in [0.29, 0.717) is 17.2 Å². The third-order valence-corrected chi connectivity index (χ3v) is 15.0. The van der Waals surface area contributed by atoms with E-state index in [1.165, 1.54) is 12.0 Å². The van der Waals surface area contributed by atoms with Crippen LogP contribution in [0, 0.1) is 40.0 Å². The molecule has 2 aliphatic heterocycles. The number of aryl methyl sites for hydroxylation is 4. The van der Waals surface area contributed by atoms with Crippen LogP contribution in [0.2, 0.25) is 0 Å². The van der Waals surface area contributed by atoms with Crippen LogP contribution >= 0.6 is 22.7 Å². The lowest BCUT2D eigenvalue weighted by atomic mass is 9.85. The summed E-state index contributed by atoms with van der Waals surface area (Å²) in [7, 11) is 1.36. The number of hydrogen-bond acceptors (Lipinski definition) is 12. The van der Waals surface area contributed by atoms with Crippen molar-refractivity contribution in [2.75, 3.05) is 13.7 Å². The van der Waals surface area contributed by atoms with Gasteiger partial charge in [0.1, 0.15) is 29.0 Å². The molecule has 67 heavy (non-hydrogen) atoms. The number of nitrogens with zero attached hydrogens (tertiary/aromatic N) is 6. The van der Waals surface area contributed by atoms with Crippen LogP contribution < -0.4 is 10.6 Å². The number of β-amino-alcohol motifs (C(OH)–C–C–N with tert-alkyl or cyclic N) is 1. The number of aliphatic imine (C=N–C) groups is 1. The first-order valence-electron chi connectivity index (χ1n) is 22.3. The average Bonchev–Trinajstić information content (AvgIpc) is 4.07. The maximum atomic E-state index is 14.4. The SMILES string of the molecule is COC(=O)C[C@@H]1N=C(c2ccc(-c3ccc(C(=O)NC(C(=O)N4C[C@H](O)C[C@H]4C(=O)N[C@@H](C)c4ccc(-c5scnc5C)cc4)C(C)(C)C)cc3C)cc2)c2c(sc(C)c2C)-n2c(C)nnc21. The van der Waals surface area contributed by atoms with Gasteiger partial charge in [-0.25, -0.2) is 4.98 Å². The van der Waals surface area contributed by atoms with Crippen molar-refractivity contribution in [2.24, 2.45) is 10.4 Å². The maximum absolute atomic E-state index is 14.4. The first kappa shape index (κ1) is 47.1. The molecule has 0 saturated carbocycles. The van der Waals surface area contributed by atoms with E-state index in [-0.39, 0.29) is 31.3 Å². The van der Waals surface area contributed by atoms with Gasteiger partial charge in [0.05, 0.1) is 47.5 Å². The lowest BCUT2D eigenvalue weighted by molar-refractivity contribution is -0.142. The average molecular weight is 941 g/mol. The molecule has 0 bridgehead atoms. The van der Waals surface area contributed by atoms with Crippen molar-refractivity contribution in [3.8, 4) is 26.6 Å². The minimum absolute atomic E-state index is 0.0108. The molecule has 1 saturated heterocycles. The third-order valence-electron chi connectivity index (χ3n) is 12.8. The van der Waals surface area contributed by atoms with E-state index < -0.39 is 47.4 Å². The summed E-state index contributed by atoms with van der Waals surface area (Å²) >= 11 is 3.22. The van der Waals surface area contributed by atoms with E-state index in [2.05, 4.69) is 39.7 Å². The van der Waals surface area contributed by atoms with E-state index >= 15 is 0 Å². The molecule has 3 aromatic heterocycles. The molecule has 3 N–H and O–H groups in total. The Hall–Kier alpha value is -6.36. The van der Waals surface area contributed by atoms with E-state index in [1.807, 2.05) is 113 Å². The van der Waals surface area contributed by atoms with Gasteiger partial charge in [-0.05, 0) is 92.5 Å². The minimum atomic E-state index is -0.997. The van der Waals surface area contributed by atoms with Crippen LogP contribution in [-0.2, 0) is 19.1 Å². The predicted octanol–water partition coefficient (Wildman–Crippen LogP) is 8.10. The Labute approximate surface area is 398 Å². The number of nitrogens with one attached hydrogen (secondary N) is 2. The summed E-state index contributed by atoms with van der Waals surface area (Å²) in [5.41, 5.74) is 10.8.